The number of aryl methyl sites for hydroxylation is 1. The van der Waals surface area contributed by atoms with Crippen LogP contribution in [0.4, 0.5) is 0 Å². The molecule has 1 aromatic rings. The number of hydrogen-bond donors (Lipinski definition) is 1. The van der Waals surface area contributed by atoms with Crippen LogP contribution < -0.4 is 5.32 Å². The highest BCUT2D eigenvalue weighted by molar-refractivity contribution is 5.26. The Labute approximate surface area is 104 Å². The van der Waals surface area contributed by atoms with Gasteiger partial charge in [-0.1, -0.05) is 20.8 Å². The van der Waals surface area contributed by atoms with Crippen LogP contribution in [-0.4, -0.2) is 16.5 Å². The van der Waals surface area contributed by atoms with Gasteiger partial charge in [0.2, 0.25) is 0 Å². The maximum absolute atomic E-state index is 4.62. The zero-order valence-electron chi connectivity index (χ0n) is 11.4. The Bertz CT molecular complexity index is 398. The normalized spacial score (nSPS) is 22.2. The van der Waals surface area contributed by atoms with Crippen LogP contribution in [0.15, 0.2) is 6.20 Å². The quantitative estimate of drug-likeness (QED) is 0.872. The Morgan fingerprint density at radius 2 is 2.24 bits per heavy atom. The molecule has 0 bridgehead atoms. The van der Waals surface area contributed by atoms with Gasteiger partial charge in [-0.2, -0.15) is 0 Å². The van der Waals surface area contributed by atoms with Gasteiger partial charge < -0.3 is 5.32 Å². The van der Waals surface area contributed by atoms with Gasteiger partial charge in [0.05, 0.1) is 0 Å². The number of fused-ring (bicyclic) bond motifs is 1. The molecule has 3 heteroatoms. The number of aromatic nitrogens is 2. The molecule has 0 saturated heterocycles. The monoisotopic (exact) mass is 233 g/mol. The summed E-state index contributed by atoms with van der Waals surface area (Å²) >= 11 is 0. The summed E-state index contributed by atoms with van der Waals surface area (Å²) in [5.41, 5.74) is 2.88. The third-order valence-corrected chi connectivity index (χ3v) is 3.44. The maximum atomic E-state index is 4.62. The summed E-state index contributed by atoms with van der Waals surface area (Å²) in [6.07, 6.45) is 5.42. The lowest BCUT2D eigenvalue weighted by Gasteiger charge is -2.36. The van der Waals surface area contributed by atoms with Crippen molar-refractivity contribution in [1.29, 1.82) is 0 Å². The van der Waals surface area contributed by atoms with Crippen LogP contribution in [0.25, 0.3) is 0 Å². The van der Waals surface area contributed by atoms with Crippen LogP contribution in [0.2, 0.25) is 0 Å². The lowest BCUT2D eigenvalue weighted by Crippen LogP contribution is -2.34. The smallest absolute Gasteiger partial charge is 0.125 e. The number of nitrogens with zero attached hydrogens (tertiary/aromatic N) is 2. The van der Waals surface area contributed by atoms with Crippen LogP contribution in [-0.2, 0) is 6.42 Å². The molecule has 0 radical (unpaired) electrons. The van der Waals surface area contributed by atoms with Gasteiger partial charge in [0.25, 0.3) is 0 Å². The molecule has 1 heterocycles. The van der Waals surface area contributed by atoms with Crippen LogP contribution in [0.1, 0.15) is 56.7 Å². The van der Waals surface area contributed by atoms with Gasteiger partial charge in [-0.15, -0.1) is 0 Å². The van der Waals surface area contributed by atoms with Crippen molar-refractivity contribution in [3.05, 3.63) is 23.3 Å². The lowest BCUT2D eigenvalue weighted by molar-refractivity contribution is 0.253. The highest BCUT2D eigenvalue weighted by Gasteiger charge is 2.32. The average Bonchev–Trinajstić information content (AvgIpc) is 2.23. The van der Waals surface area contributed by atoms with Crippen molar-refractivity contribution in [2.45, 2.75) is 53.0 Å². The fraction of sp³-hybridized carbons (Fsp3) is 0.714. The first-order valence-electron chi connectivity index (χ1n) is 6.57. The predicted molar refractivity (Wildman–Crippen MR) is 69.9 cm³/mol. The summed E-state index contributed by atoms with van der Waals surface area (Å²) in [4.78, 5) is 8.96. The molecular formula is C14H23N3. The molecular weight excluding hydrogens is 210 g/mol. The number of hydrogen-bond acceptors (Lipinski definition) is 3. The van der Waals surface area contributed by atoms with Gasteiger partial charge in [-0.3, -0.25) is 0 Å². The minimum Gasteiger partial charge on any atom is -0.310 e. The third kappa shape index (κ3) is 2.83. The van der Waals surface area contributed by atoms with E-state index in [0.29, 0.717) is 11.5 Å². The van der Waals surface area contributed by atoms with Crippen molar-refractivity contribution in [3.8, 4) is 0 Å². The first kappa shape index (κ1) is 12.5. The second kappa shape index (κ2) is 4.73. The van der Waals surface area contributed by atoms with Crippen LogP contribution in [0.5, 0.6) is 0 Å². The van der Waals surface area contributed by atoms with E-state index >= 15 is 0 Å². The molecule has 0 spiro atoms. The second-order valence-corrected chi connectivity index (χ2v) is 5.87. The first-order chi connectivity index (χ1) is 8.02. The molecule has 0 aliphatic heterocycles. The van der Waals surface area contributed by atoms with Gasteiger partial charge in [0, 0.05) is 23.5 Å². The standard InChI is InChI=1S/C14H23N3/c1-5-6-15-12-7-14(3,4)8-13-11(12)9-16-10(2)17-13/h9,12,15H,5-8H2,1-4H3. The molecule has 0 fully saturated rings. The average molecular weight is 233 g/mol. The zero-order valence-corrected chi connectivity index (χ0v) is 11.4. The molecule has 1 atom stereocenters. The van der Waals surface area contributed by atoms with Crippen molar-refractivity contribution in [3.63, 3.8) is 0 Å². The van der Waals surface area contributed by atoms with Crippen LogP contribution >= 0.6 is 0 Å². The molecule has 1 N–H and O–H groups in total. The van der Waals surface area contributed by atoms with Crippen molar-refractivity contribution in [1.82, 2.24) is 15.3 Å². The molecule has 0 amide bonds. The van der Waals surface area contributed by atoms with E-state index in [1.165, 1.54) is 24.1 Å². The van der Waals surface area contributed by atoms with Gasteiger partial charge in [-0.25, -0.2) is 9.97 Å². The van der Waals surface area contributed by atoms with E-state index in [2.05, 4.69) is 36.1 Å². The summed E-state index contributed by atoms with van der Waals surface area (Å²) in [5.74, 6) is 0.885. The molecule has 1 aliphatic carbocycles. The highest BCUT2D eigenvalue weighted by atomic mass is 14.9. The fourth-order valence-electron chi connectivity index (χ4n) is 2.65. The molecule has 17 heavy (non-hydrogen) atoms. The van der Waals surface area contributed by atoms with Crippen LogP contribution in [0, 0.1) is 12.3 Å². The summed E-state index contributed by atoms with van der Waals surface area (Å²) in [6, 6.07) is 0.425. The minimum absolute atomic E-state index is 0.333. The van der Waals surface area contributed by atoms with E-state index < -0.39 is 0 Å². The van der Waals surface area contributed by atoms with E-state index in [1.54, 1.807) is 0 Å². The van der Waals surface area contributed by atoms with E-state index in [4.69, 9.17) is 0 Å². The Balaban J connectivity index is 2.30. The minimum atomic E-state index is 0.333. The third-order valence-electron chi connectivity index (χ3n) is 3.44. The SMILES string of the molecule is CCCNC1CC(C)(C)Cc2nc(C)ncc21. The maximum Gasteiger partial charge on any atom is 0.125 e. The van der Waals surface area contributed by atoms with Crippen molar-refractivity contribution in [2.24, 2.45) is 5.41 Å². The summed E-state index contributed by atoms with van der Waals surface area (Å²) in [6.45, 7) is 9.89. The Morgan fingerprint density at radius 3 is 2.94 bits per heavy atom. The van der Waals surface area contributed by atoms with Gasteiger partial charge in [0.1, 0.15) is 5.82 Å². The summed E-state index contributed by atoms with van der Waals surface area (Å²) in [7, 11) is 0. The molecule has 0 saturated carbocycles. The largest absolute Gasteiger partial charge is 0.310 e. The molecule has 0 aromatic carbocycles. The van der Waals surface area contributed by atoms with E-state index in [-0.39, 0.29) is 0 Å². The lowest BCUT2D eigenvalue weighted by atomic mass is 9.74. The van der Waals surface area contributed by atoms with E-state index in [1.807, 2.05) is 13.1 Å². The first-order valence-corrected chi connectivity index (χ1v) is 6.57. The predicted octanol–water partition coefficient (Wildman–Crippen LogP) is 2.80. The van der Waals surface area contributed by atoms with Gasteiger partial charge in [-0.05, 0) is 38.1 Å². The van der Waals surface area contributed by atoms with E-state index in [9.17, 15) is 0 Å². The summed E-state index contributed by atoms with van der Waals surface area (Å²) < 4.78 is 0. The van der Waals surface area contributed by atoms with Gasteiger partial charge >= 0.3 is 0 Å². The molecule has 1 unspecified atom stereocenters. The van der Waals surface area contributed by atoms with Gasteiger partial charge in [0.15, 0.2) is 0 Å². The second-order valence-electron chi connectivity index (χ2n) is 5.87. The Morgan fingerprint density at radius 1 is 1.47 bits per heavy atom. The van der Waals surface area contributed by atoms with Crippen molar-refractivity contribution < 1.29 is 0 Å². The topological polar surface area (TPSA) is 37.8 Å². The molecule has 1 aromatic heterocycles. The Hall–Kier alpha value is -0.960. The fourth-order valence-corrected chi connectivity index (χ4v) is 2.65. The number of nitrogens with one attached hydrogen (secondary N) is 1. The molecule has 3 nitrogen and oxygen atoms in total. The summed E-state index contributed by atoms with van der Waals surface area (Å²) in [5, 5.41) is 3.62. The molecule has 1 aliphatic rings. The number of rotatable bonds is 3. The molecule has 2 rings (SSSR count). The van der Waals surface area contributed by atoms with Crippen molar-refractivity contribution in [2.75, 3.05) is 6.54 Å². The highest BCUT2D eigenvalue weighted by Crippen LogP contribution is 2.39. The van der Waals surface area contributed by atoms with Crippen LogP contribution in [0.3, 0.4) is 0 Å². The Kier molecular flexibility index (Phi) is 3.48. The van der Waals surface area contributed by atoms with E-state index in [0.717, 1.165) is 18.8 Å². The zero-order chi connectivity index (χ0) is 12.5. The van der Waals surface area contributed by atoms with Crippen molar-refractivity contribution >= 4 is 0 Å². The molecule has 94 valence electrons.